The van der Waals surface area contributed by atoms with Gasteiger partial charge in [0.2, 0.25) is 0 Å². The van der Waals surface area contributed by atoms with E-state index in [1.54, 1.807) is 24.7 Å². The second kappa shape index (κ2) is 40.8. The third kappa shape index (κ3) is 19.2. The number of fused-ring (bicyclic) bond motifs is 12. The van der Waals surface area contributed by atoms with Crippen molar-refractivity contribution in [3.8, 4) is 113 Å². The fraction of sp³-hybridized carbons (Fsp3) is 0.0667. The number of halogens is 2. The summed E-state index contributed by atoms with van der Waals surface area (Å²) in [6, 6.07) is 147. The number of pyridine rings is 8. The molecule has 24 rings (SSSR count). The first-order valence-electron chi connectivity index (χ1n) is 44.3. The van der Waals surface area contributed by atoms with Crippen molar-refractivity contribution >= 4 is 87.4 Å². The molecule has 0 saturated carbocycles. The SMILES string of the molecule is CC(C)(C)c1c[c-]c2c(c1)c1cc(C(C)(C)C)ccc1n2-c1cccc(-c2[c-]c(-c3ccccn3)ccc2)n1.Fc1c[c-]c2c(c1)c1cc(F)ccc1n2-c1cccc(-c2[c-]c(-c3ccccn3)ccc2)n1.[Ni+2].[Ni+2].[Ni+2].[Ni+2].[c-]1c(-c2ccccn2)cccc1-c1ccc2c3ccccc3n(-c3[c-]cccc3)c2n1.[c-]1c(-c2ccccn2)cccc1-c1cccc(-n2c3[c-]cccc3c3ccccc32)n1. The van der Waals surface area contributed by atoms with E-state index in [1.165, 1.54) is 62.3 Å². The van der Waals surface area contributed by atoms with Crippen LogP contribution in [0.15, 0.2) is 389 Å². The van der Waals surface area contributed by atoms with Gasteiger partial charge in [-0.25, -0.2) is 4.39 Å². The summed E-state index contributed by atoms with van der Waals surface area (Å²) < 4.78 is 36.5. The van der Waals surface area contributed by atoms with Crippen molar-refractivity contribution in [1.82, 2.24) is 58.1 Å². The summed E-state index contributed by atoms with van der Waals surface area (Å²) >= 11 is 0. The molecule has 0 saturated heterocycles. The Bertz CT molecular complexity index is 8330. The van der Waals surface area contributed by atoms with Crippen LogP contribution in [0.1, 0.15) is 52.7 Å². The van der Waals surface area contributed by atoms with E-state index in [0.717, 1.165) is 152 Å². The van der Waals surface area contributed by atoms with Gasteiger partial charge in [-0.2, -0.15) is 72.8 Å². The summed E-state index contributed by atoms with van der Waals surface area (Å²) in [6.07, 6.45) is 7.16. The Labute approximate surface area is 839 Å². The van der Waals surface area contributed by atoms with E-state index in [4.69, 9.17) is 19.9 Å². The molecule has 0 unspecified atom stereocenters. The Kier molecular flexibility index (Phi) is 28.0. The second-order valence-electron chi connectivity index (χ2n) is 34.7. The minimum absolute atomic E-state index is 0. The zero-order chi connectivity index (χ0) is 91.0. The van der Waals surface area contributed by atoms with Gasteiger partial charge in [-0.3, -0.25) is 44.3 Å². The van der Waals surface area contributed by atoms with Gasteiger partial charge in [0.25, 0.3) is 0 Å². The molecule has 0 N–H and O–H groups in total. The number of rotatable bonds is 12. The smallest absolute Gasteiger partial charge is 0.320 e. The van der Waals surface area contributed by atoms with Crippen molar-refractivity contribution in [3.63, 3.8) is 0 Å². The van der Waals surface area contributed by atoms with Crippen LogP contribution in [0.3, 0.4) is 0 Å². The Morgan fingerprint density at radius 2 is 0.594 bits per heavy atom. The van der Waals surface area contributed by atoms with Crippen LogP contribution in [0.5, 0.6) is 0 Å². The zero-order valence-electron chi connectivity index (χ0n) is 75.3. The molecule has 0 spiro atoms. The van der Waals surface area contributed by atoms with Crippen LogP contribution in [0, 0.1) is 60.2 Å². The first kappa shape index (κ1) is 94.6. The Hall–Kier alpha value is -15.1. The van der Waals surface area contributed by atoms with E-state index in [0.29, 0.717) is 22.1 Å². The van der Waals surface area contributed by atoms with E-state index in [9.17, 15) is 8.78 Å². The molecule has 12 aromatic carbocycles. The minimum Gasteiger partial charge on any atom is -0.320 e. The molecule has 0 aliphatic heterocycles. The van der Waals surface area contributed by atoms with Crippen molar-refractivity contribution in [2.75, 3.05) is 0 Å². The third-order valence-corrected chi connectivity index (χ3v) is 23.9. The van der Waals surface area contributed by atoms with E-state index >= 15 is 0 Å². The maximum atomic E-state index is 14.0. The van der Waals surface area contributed by atoms with Crippen LogP contribution >= 0.6 is 0 Å². The van der Waals surface area contributed by atoms with Gasteiger partial charge in [0.1, 0.15) is 28.9 Å². The summed E-state index contributed by atoms with van der Waals surface area (Å²) in [7, 11) is 0. The van der Waals surface area contributed by atoms with Crippen molar-refractivity contribution in [1.29, 1.82) is 0 Å². The van der Waals surface area contributed by atoms with Gasteiger partial charge >= 0.3 is 66.0 Å². The fourth-order valence-electron chi connectivity index (χ4n) is 17.3. The van der Waals surface area contributed by atoms with Gasteiger partial charge in [0.15, 0.2) is 0 Å². The summed E-state index contributed by atoms with van der Waals surface area (Å²) in [6.45, 7) is 13.6. The van der Waals surface area contributed by atoms with Crippen LogP contribution < -0.4 is 0 Å². The van der Waals surface area contributed by atoms with Gasteiger partial charge in [0, 0.05) is 103 Å². The molecule has 138 heavy (non-hydrogen) atoms. The number of hydrogen-bond acceptors (Lipinski definition) is 8. The molecule has 0 fully saturated rings. The maximum Gasteiger partial charge on any atom is 2.00 e. The number of nitrogens with zero attached hydrogens (tertiary/aromatic N) is 12. The maximum absolute atomic E-state index is 14.0. The van der Waals surface area contributed by atoms with Crippen LogP contribution in [0.25, 0.3) is 201 Å². The van der Waals surface area contributed by atoms with E-state index < -0.39 is 5.82 Å². The molecule has 12 aromatic heterocycles. The Morgan fingerprint density at radius 1 is 0.239 bits per heavy atom. The third-order valence-electron chi connectivity index (χ3n) is 23.9. The number of hydrogen-bond donors (Lipinski definition) is 0. The zero-order valence-corrected chi connectivity index (χ0v) is 79.3. The molecule has 0 bridgehead atoms. The van der Waals surface area contributed by atoms with Crippen molar-refractivity contribution in [2.45, 2.75) is 52.4 Å². The molecule has 0 atom stereocenters. The molecule has 0 aliphatic carbocycles. The molecule has 12 heterocycles. The van der Waals surface area contributed by atoms with Crippen LogP contribution in [0.4, 0.5) is 8.78 Å². The molecule has 12 nitrogen and oxygen atoms in total. The fourth-order valence-corrected chi connectivity index (χ4v) is 17.3. The average molecular weight is 1960 g/mol. The molecule has 0 radical (unpaired) electrons. The molecule has 24 aromatic rings. The van der Waals surface area contributed by atoms with Crippen molar-refractivity contribution < 1.29 is 74.7 Å². The van der Waals surface area contributed by atoms with Gasteiger partial charge < -0.3 is 18.3 Å². The standard InChI is InChI=1S/C36H33N3.C28H15F2N3.2C28H17N3.4Ni/c1-35(2,3)26-16-18-32-28(22-26)29-23-27(36(4,5)6)17-19-33(29)39(32)34-15-10-14-31(38-34)25-12-9-11-24(21-25)30-13-7-8-20-37-30;29-20-10-12-26-22(16-20)23-17-21(30)11-13-27(23)33(26)28-9-4-8-25(32-28)19-6-3-5-18(15-19)24-7-1-2-14-31-24;1-3-15-26-22(11-1)23-12-2-4-16-27(23)31(26)28-17-8-14-25(30-28)21-10-7-9-20(19-21)24-13-5-6-18-29-24;1-2-11-22(12-3-1)31-27-15-5-4-13-23(27)24-16-17-26(30-28(24)31)21-10-8-9-20(19-21)25-14-6-7-18-29-25;;;;/h7-18,20,22-23H,1-6H3;1-12,14,16-17H;1-15,17-18H;1-11,13-18H;;;;/q4*-2;4*+2. The van der Waals surface area contributed by atoms with Crippen LogP contribution in [-0.2, 0) is 76.8 Å². The summed E-state index contributed by atoms with van der Waals surface area (Å²) in [5, 5.41) is 8.31. The molecule has 0 amide bonds. The first-order valence-corrected chi connectivity index (χ1v) is 44.3. The van der Waals surface area contributed by atoms with Gasteiger partial charge in [-0.05, 0) is 106 Å². The second-order valence-corrected chi connectivity index (χ2v) is 34.7. The average Bonchev–Trinajstić information content (AvgIpc) is 1.75. The minimum atomic E-state index is -0.423. The van der Waals surface area contributed by atoms with Crippen molar-refractivity contribution in [3.05, 3.63) is 460 Å². The quantitative estimate of drug-likeness (QED) is 0.0875. The van der Waals surface area contributed by atoms with Crippen LogP contribution in [0.2, 0.25) is 0 Å². The molecule has 676 valence electrons. The van der Waals surface area contributed by atoms with E-state index in [2.05, 4.69) is 245 Å². The monoisotopic (exact) mass is 1960 g/mol. The molecular weight excluding hydrogens is 1880 g/mol. The van der Waals surface area contributed by atoms with E-state index in [1.807, 2.05) is 223 Å². The summed E-state index contributed by atoms with van der Waals surface area (Å²) in [5.74, 6) is 1.55. The van der Waals surface area contributed by atoms with Gasteiger partial charge in [0.05, 0.1) is 5.52 Å². The van der Waals surface area contributed by atoms with Gasteiger partial charge in [-0.1, -0.05) is 265 Å². The molecular formula is C120H82F2N12Ni4. The molecule has 18 heteroatoms. The number of benzene rings is 12. The normalized spacial score (nSPS) is 11.2. The Morgan fingerprint density at radius 3 is 1.05 bits per heavy atom. The summed E-state index contributed by atoms with van der Waals surface area (Å²) in [5.41, 5.74) is 25.6. The number of para-hydroxylation sites is 4. The van der Waals surface area contributed by atoms with E-state index in [-0.39, 0.29) is 82.6 Å². The predicted octanol–water partition coefficient (Wildman–Crippen LogP) is 28.9. The van der Waals surface area contributed by atoms with Crippen molar-refractivity contribution in [2.24, 2.45) is 0 Å². The first-order chi connectivity index (χ1) is 65.5. The summed E-state index contributed by atoms with van der Waals surface area (Å²) in [4.78, 5) is 37.9. The van der Waals surface area contributed by atoms with Gasteiger partial charge in [-0.15, -0.1) is 132 Å². The topological polar surface area (TPSA) is 123 Å². The predicted molar refractivity (Wildman–Crippen MR) is 537 cm³/mol. The Balaban J connectivity index is 0.000000127. The largest absolute Gasteiger partial charge is 2.00 e. The molecule has 0 aliphatic rings. The number of aromatic nitrogens is 12. The van der Waals surface area contributed by atoms with Crippen LogP contribution in [-0.4, -0.2) is 58.1 Å².